The summed E-state index contributed by atoms with van der Waals surface area (Å²) >= 11 is 0. The number of hydrogen-bond acceptors (Lipinski definition) is 2. The molecule has 1 aromatic rings. The van der Waals surface area contributed by atoms with Crippen LogP contribution in [0.4, 0.5) is 0 Å². The maximum absolute atomic E-state index is 4.37. The first-order chi connectivity index (χ1) is 6.04. The average Bonchev–Trinajstić information content (AvgIpc) is 2.04. The standard InChI is InChI=1S/C11H18N2/c1-11(2,3)9-5-6-10(8-12-4)13-7-9/h5-7,12H,8H2,1-4H3. The van der Waals surface area contributed by atoms with Crippen molar-refractivity contribution in [1.29, 1.82) is 0 Å². The predicted molar refractivity (Wildman–Crippen MR) is 55.7 cm³/mol. The van der Waals surface area contributed by atoms with Gasteiger partial charge in [-0.05, 0) is 24.1 Å². The van der Waals surface area contributed by atoms with E-state index < -0.39 is 0 Å². The minimum atomic E-state index is 0.200. The van der Waals surface area contributed by atoms with E-state index in [1.54, 1.807) is 0 Å². The summed E-state index contributed by atoms with van der Waals surface area (Å²) in [6, 6.07) is 4.23. The number of rotatable bonds is 2. The Morgan fingerprint density at radius 3 is 2.38 bits per heavy atom. The molecule has 0 unspecified atom stereocenters. The van der Waals surface area contributed by atoms with Gasteiger partial charge in [-0.25, -0.2) is 0 Å². The molecule has 1 aromatic heterocycles. The van der Waals surface area contributed by atoms with Crippen molar-refractivity contribution in [1.82, 2.24) is 10.3 Å². The molecule has 2 heteroatoms. The van der Waals surface area contributed by atoms with Gasteiger partial charge in [-0.15, -0.1) is 0 Å². The maximum atomic E-state index is 4.37. The van der Waals surface area contributed by atoms with Gasteiger partial charge >= 0.3 is 0 Å². The SMILES string of the molecule is CNCc1ccc(C(C)(C)C)cn1. The second kappa shape index (κ2) is 3.88. The van der Waals surface area contributed by atoms with Crippen LogP contribution in [0.3, 0.4) is 0 Å². The third-order valence-electron chi connectivity index (χ3n) is 2.05. The highest BCUT2D eigenvalue weighted by molar-refractivity contribution is 5.21. The van der Waals surface area contributed by atoms with Crippen molar-refractivity contribution in [2.45, 2.75) is 32.7 Å². The summed E-state index contributed by atoms with van der Waals surface area (Å²) in [7, 11) is 1.93. The van der Waals surface area contributed by atoms with Gasteiger partial charge < -0.3 is 5.32 Å². The predicted octanol–water partition coefficient (Wildman–Crippen LogP) is 2.10. The smallest absolute Gasteiger partial charge is 0.0541 e. The van der Waals surface area contributed by atoms with Crippen LogP contribution in [0.25, 0.3) is 0 Å². The summed E-state index contributed by atoms with van der Waals surface area (Å²) in [6.07, 6.45) is 1.96. The Kier molecular flexibility index (Phi) is 3.04. The van der Waals surface area contributed by atoms with Crippen LogP contribution in [-0.2, 0) is 12.0 Å². The highest BCUT2D eigenvalue weighted by Crippen LogP contribution is 2.20. The van der Waals surface area contributed by atoms with E-state index >= 15 is 0 Å². The first-order valence-corrected chi connectivity index (χ1v) is 4.64. The second-order valence-electron chi connectivity index (χ2n) is 4.32. The normalized spacial score (nSPS) is 11.7. The second-order valence-corrected chi connectivity index (χ2v) is 4.32. The molecular formula is C11H18N2. The zero-order valence-electron chi connectivity index (χ0n) is 8.89. The fraction of sp³-hybridized carbons (Fsp3) is 0.545. The molecule has 1 N–H and O–H groups in total. The van der Waals surface area contributed by atoms with Crippen LogP contribution in [0.2, 0.25) is 0 Å². The van der Waals surface area contributed by atoms with E-state index in [9.17, 15) is 0 Å². The molecule has 13 heavy (non-hydrogen) atoms. The lowest BCUT2D eigenvalue weighted by atomic mass is 9.88. The zero-order chi connectivity index (χ0) is 9.90. The van der Waals surface area contributed by atoms with Crippen LogP contribution in [0, 0.1) is 0 Å². The lowest BCUT2D eigenvalue weighted by molar-refractivity contribution is 0.586. The monoisotopic (exact) mass is 178 g/mol. The Hall–Kier alpha value is -0.890. The van der Waals surface area contributed by atoms with Crippen LogP contribution in [0.5, 0.6) is 0 Å². The summed E-state index contributed by atoms with van der Waals surface area (Å²) < 4.78 is 0. The van der Waals surface area contributed by atoms with Crippen molar-refractivity contribution < 1.29 is 0 Å². The van der Waals surface area contributed by atoms with Crippen LogP contribution in [-0.4, -0.2) is 12.0 Å². The van der Waals surface area contributed by atoms with Crippen LogP contribution < -0.4 is 5.32 Å². The fourth-order valence-electron chi connectivity index (χ4n) is 1.15. The number of pyridine rings is 1. The number of aromatic nitrogens is 1. The van der Waals surface area contributed by atoms with Crippen LogP contribution in [0.1, 0.15) is 32.0 Å². The van der Waals surface area contributed by atoms with Gasteiger partial charge in [0.2, 0.25) is 0 Å². The molecule has 0 bridgehead atoms. The van der Waals surface area contributed by atoms with E-state index in [2.05, 4.69) is 43.2 Å². The van der Waals surface area contributed by atoms with Crippen molar-refractivity contribution in [3.05, 3.63) is 29.6 Å². The van der Waals surface area contributed by atoms with E-state index in [1.165, 1.54) is 5.56 Å². The van der Waals surface area contributed by atoms with Crippen molar-refractivity contribution in [2.24, 2.45) is 0 Å². The summed E-state index contributed by atoms with van der Waals surface area (Å²) in [6.45, 7) is 7.43. The largest absolute Gasteiger partial charge is 0.314 e. The van der Waals surface area contributed by atoms with Gasteiger partial charge in [-0.3, -0.25) is 4.98 Å². The molecule has 0 saturated heterocycles. The van der Waals surface area contributed by atoms with Crippen molar-refractivity contribution in [3.8, 4) is 0 Å². The quantitative estimate of drug-likeness (QED) is 0.750. The summed E-state index contributed by atoms with van der Waals surface area (Å²) in [5, 5.41) is 3.08. The molecule has 1 heterocycles. The molecule has 0 aliphatic carbocycles. The lowest BCUT2D eigenvalue weighted by Crippen LogP contribution is -2.13. The molecular weight excluding hydrogens is 160 g/mol. The molecule has 0 aliphatic heterocycles. The summed E-state index contributed by atoms with van der Waals surface area (Å²) in [5.74, 6) is 0. The molecule has 0 amide bonds. The van der Waals surface area contributed by atoms with Crippen LogP contribution >= 0.6 is 0 Å². The molecule has 0 spiro atoms. The highest BCUT2D eigenvalue weighted by atomic mass is 14.8. The van der Waals surface area contributed by atoms with E-state index in [1.807, 2.05) is 13.2 Å². The molecule has 0 fully saturated rings. The molecule has 0 atom stereocenters. The van der Waals surface area contributed by atoms with Crippen molar-refractivity contribution >= 4 is 0 Å². The van der Waals surface area contributed by atoms with Gasteiger partial charge in [0.05, 0.1) is 5.69 Å². The van der Waals surface area contributed by atoms with Gasteiger partial charge in [0.1, 0.15) is 0 Å². The van der Waals surface area contributed by atoms with Gasteiger partial charge in [-0.1, -0.05) is 26.8 Å². The zero-order valence-corrected chi connectivity index (χ0v) is 8.89. The molecule has 0 aromatic carbocycles. The first kappa shape index (κ1) is 10.2. The molecule has 72 valence electrons. The summed E-state index contributed by atoms with van der Waals surface area (Å²) in [5.41, 5.74) is 2.58. The van der Waals surface area contributed by atoms with E-state index in [0.29, 0.717) is 0 Å². The van der Waals surface area contributed by atoms with Gasteiger partial charge in [0.15, 0.2) is 0 Å². The van der Waals surface area contributed by atoms with E-state index in [4.69, 9.17) is 0 Å². The van der Waals surface area contributed by atoms with Crippen molar-refractivity contribution in [3.63, 3.8) is 0 Å². The van der Waals surface area contributed by atoms with Gasteiger partial charge in [0.25, 0.3) is 0 Å². The van der Waals surface area contributed by atoms with Crippen LogP contribution in [0.15, 0.2) is 18.3 Å². The Morgan fingerprint density at radius 2 is 2.00 bits per heavy atom. The molecule has 1 rings (SSSR count). The minimum Gasteiger partial charge on any atom is -0.314 e. The Bertz CT molecular complexity index is 256. The van der Waals surface area contributed by atoms with E-state index in [-0.39, 0.29) is 5.41 Å². The minimum absolute atomic E-state index is 0.200. The Labute approximate surface area is 80.4 Å². The number of hydrogen-bond donors (Lipinski definition) is 1. The third kappa shape index (κ3) is 2.81. The summed E-state index contributed by atoms with van der Waals surface area (Å²) in [4.78, 5) is 4.37. The molecule has 2 nitrogen and oxygen atoms in total. The van der Waals surface area contributed by atoms with E-state index in [0.717, 1.165) is 12.2 Å². The third-order valence-corrected chi connectivity index (χ3v) is 2.05. The Balaban J connectivity index is 2.81. The maximum Gasteiger partial charge on any atom is 0.0541 e. The van der Waals surface area contributed by atoms with Gasteiger partial charge in [0, 0.05) is 12.7 Å². The molecule has 0 radical (unpaired) electrons. The fourth-order valence-corrected chi connectivity index (χ4v) is 1.15. The molecule has 0 aliphatic rings. The van der Waals surface area contributed by atoms with Gasteiger partial charge in [-0.2, -0.15) is 0 Å². The molecule has 0 saturated carbocycles. The average molecular weight is 178 g/mol. The number of nitrogens with zero attached hydrogens (tertiary/aromatic N) is 1. The first-order valence-electron chi connectivity index (χ1n) is 4.64. The van der Waals surface area contributed by atoms with Crippen molar-refractivity contribution in [2.75, 3.05) is 7.05 Å². The topological polar surface area (TPSA) is 24.9 Å². The highest BCUT2D eigenvalue weighted by Gasteiger charge is 2.13. The Morgan fingerprint density at radius 1 is 1.31 bits per heavy atom. The lowest BCUT2D eigenvalue weighted by Gasteiger charge is -2.18. The number of nitrogens with one attached hydrogen (secondary N) is 1.